The van der Waals surface area contributed by atoms with Gasteiger partial charge in [0.05, 0.1) is 6.61 Å². The lowest BCUT2D eigenvalue weighted by Gasteiger charge is -2.46. The molecule has 0 bridgehead atoms. The Hall–Kier alpha value is -0.710. The second-order valence-corrected chi connectivity index (χ2v) is 8.24. The topological polar surface area (TPSA) is 46.5 Å². The van der Waals surface area contributed by atoms with E-state index in [1.165, 1.54) is 19.8 Å². The molecule has 3 nitrogen and oxygen atoms in total. The summed E-state index contributed by atoms with van der Waals surface area (Å²) in [5, 5.41) is 9.99. The minimum absolute atomic E-state index is 0.0411. The first-order valence-electron chi connectivity index (χ1n) is 9.37. The van der Waals surface area contributed by atoms with Gasteiger partial charge in [-0.3, -0.25) is 0 Å². The molecule has 24 heavy (non-hydrogen) atoms. The zero-order chi connectivity index (χ0) is 18.1. The van der Waals surface area contributed by atoms with Crippen molar-refractivity contribution in [2.75, 3.05) is 6.61 Å². The van der Waals surface area contributed by atoms with Crippen molar-refractivity contribution in [2.24, 2.45) is 29.1 Å². The molecule has 2 saturated carbocycles. The molecule has 0 aromatic rings. The zero-order valence-corrected chi connectivity index (χ0v) is 15.4. The maximum atomic E-state index is 14.0. The molecule has 2 aliphatic rings. The lowest BCUT2D eigenvalue weighted by Crippen LogP contribution is -2.45. The number of carbonyl (C=O) groups is 1. The molecule has 2 rings (SSSR count). The Kier molecular flexibility index (Phi) is 5.94. The van der Waals surface area contributed by atoms with Crippen molar-refractivity contribution >= 4 is 5.97 Å². The number of carbonyl (C=O) groups excluding carboxylic acids is 1. The van der Waals surface area contributed by atoms with Gasteiger partial charge in [0.2, 0.25) is 0 Å². The largest absolute Gasteiger partial charge is 0.461 e. The Morgan fingerprint density at radius 2 is 2.04 bits per heavy atom. The van der Waals surface area contributed by atoms with Crippen LogP contribution < -0.4 is 0 Å². The quantitative estimate of drug-likeness (QED) is 0.724. The SMILES string of the molecule is CCOC(=O)C(F)(F)C(O)CC(C)C1CCC2[C@@H](C)CCC[C@]12C. The van der Waals surface area contributed by atoms with Crippen LogP contribution in [0.5, 0.6) is 0 Å². The molecule has 6 atom stereocenters. The molecule has 4 unspecified atom stereocenters. The number of aliphatic hydroxyl groups excluding tert-OH is 1. The Balaban J connectivity index is 2.04. The number of rotatable bonds is 6. The first-order valence-corrected chi connectivity index (χ1v) is 9.37. The van der Waals surface area contributed by atoms with Crippen molar-refractivity contribution in [1.29, 1.82) is 0 Å². The number of hydrogen-bond acceptors (Lipinski definition) is 3. The molecule has 0 aliphatic heterocycles. The fraction of sp³-hybridized carbons (Fsp3) is 0.947. The lowest BCUT2D eigenvalue weighted by molar-refractivity contribution is -0.190. The third-order valence-electron chi connectivity index (χ3n) is 6.79. The van der Waals surface area contributed by atoms with E-state index >= 15 is 0 Å². The number of alkyl halides is 2. The van der Waals surface area contributed by atoms with Crippen LogP contribution in [0.3, 0.4) is 0 Å². The molecule has 0 radical (unpaired) electrons. The third kappa shape index (κ3) is 3.47. The van der Waals surface area contributed by atoms with Crippen LogP contribution in [-0.2, 0) is 9.53 Å². The Bertz CT molecular complexity index is 454. The average molecular weight is 346 g/mol. The molecule has 140 valence electrons. The molecule has 0 aromatic carbocycles. The molecule has 0 heterocycles. The van der Waals surface area contributed by atoms with Gasteiger partial charge in [-0.1, -0.05) is 33.6 Å². The highest BCUT2D eigenvalue weighted by atomic mass is 19.3. The van der Waals surface area contributed by atoms with Gasteiger partial charge >= 0.3 is 11.9 Å². The summed E-state index contributed by atoms with van der Waals surface area (Å²) in [5.74, 6) is -3.82. The number of aliphatic hydroxyl groups is 1. The van der Waals surface area contributed by atoms with E-state index in [-0.39, 0.29) is 24.4 Å². The minimum atomic E-state index is -3.83. The fourth-order valence-electron chi connectivity index (χ4n) is 5.57. The van der Waals surface area contributed by atoms with E-state index in [1.54, 1.807) is 0 Å². The number of esters is 1. The van der Waals surface area contributed by atoms with Crippen molar-refractivity contribution in [3.8, 4) is 0 Å². The summed E-state index contributed by atoms with van der Waals surface area (Å²) in [6.07, 6.45) is 3.73. The molecule has 0 aromatic heterocycles. The van der Waals surface area contributed by atoms with E-state index < -0.39 is 18.0 Å². The van der Waals surface area contributed by atoms with Crippen LogP contribution in [0.4, 0.5) is 8.78 Å². The Labute approximate surface area is 144 Å². The van der Waals surface area contributed by atoms with Crippen LogP contribution in [0, 0.1) is 29.1 Å². The standard InChI is InChI=1S/C19H32F2O3/c1-5-24-17(23)19(20,21)16(22)11-13(3)15-9-8-14-12(2)7-6-10-18(14,15)4/h12-16,22H,5-11H2,1-4H3/t12-,13?,14?,15?,16?,18-/m0/s1. The predicted molar refractivity (Wildman–Crippen MR) is 88.7 cm³/mol. The van der Waals surface area contributed by atoms with Crippen LogP contribution in [-0.4, -0.2) is 29.7 Å². The summed E-state index contributed by atoms with van der Waals surface area (Å²) in [7, 11) is 0. The Morgan fingerprint density at radius 1 is 1.38 bits per heavy atom. The van der Waals surface area contributed by atoms with Gasteiger partial charge in [0.15, 0.2) is 0 Å². The van der Waals surface area contributed by atoms with Crippen molar-refractivity contribution in [3.63, 3.8) is 0 Å². The summed E-state index contributed by atoms with van der Waals surface area (Å²) in [4.78, 5) is 11.4. The third-order valence-corrected chi connectivity index (χ3v) is 6.79. The monoisotopic (exact) mass is 346 g/mol. The van der Waals surface area contributed by atoms with Crippen LogP contribution >= 0.6 is 0 Å². The van der Waals surface area contributed by atoms with Crippen molar-refractivity contribution in [3.05, 3.63) is 0 Å². The maximum absolute atomic E-state index is 14.0. The van der Waals surface area contributed by atoms with Gasteiger partial charge in [-0.15, -0.1) is 0 Å². The summed E-state index contributed by atoms with van der Waals surface area (Å²) in [6.45, 7) is 7.92. The van der Waals surface area contributed by atoms with Gasteiger partial charge in [0.1, 0.15) is 6.10 Å². The first kappa shape index (κ1) is 19.6. The van der Waals surface area contributed by atoms with Gasteiger partial charge in [-0.2, -0.15) is 8.78 Å². The molecule has 1 N–H and O–H groups in total. The molecule has 2 fully saturated rings. The van der Waals surface area contributed by atoms with E-state index in [2.05, 4.69) is 18.6 Å². The maximum Gasteiger partial charge on any atom is 0.379 e. The van der Waals surface area contributed by atoms with Gasteiger partial charge in [0.25, 0.3) is 0 Å². The summed E-state index contributed by atoms with van der Waals surface area (Å²) in [6, 6.07) is 0. The molecule has 0 amide bonds. The molecular weight excluding hydrogens is 314 g/mol. The normalized spacial score (nSPS) is 36.0. The van der Waals surface area contributed by atoms with Gasteiger partial charge in [-0.25, -0.2) is 4.79 Å². The molecule has 0 saturated heterocycles. The van der Waals surface area contributed by atoms with Crippen molar-refractivity contribution < 1.29 is 23.4 Å². The number of ether oxygens (including phenoxy) is 1. The summed E-state index contributed by atoms with van der Waals surface area (Å²) in [5.41, 5.74) is 0.177. The van der Waals surface area contributed by atoms with Gasteiger partial charge in [-0.05, 0) is 61.7 Å². The average Bonchev–Trinajstić information content (AvgIpc) is 2.85. The molecule has 0 spiro atoms. The van der Waals surface area contributed by atoms with Crippen LogP contribution in [0.15, 0.2) is 0 Å². The van der Waals surface area contributed by atoms with E-state index in [9.17, 15) is 18.7 Å². The van der Waals surface area contributed by atoms with E-state index in [4.69, 9.17) is 0 Å². The van der Waals surface area contributed by atoms with E-state index in [1.807, 2.05) is 6.92 Å². The van der Waals surface area contributed by atoms with Crippen LogP contribution in [0.25, 0.3) is 0 Å². The fourth-order valence-corrected chi connectivity index (χ4v) is 5.57. The summed E-state index contributed by atoms with van der Waals surface area (Å²) < 4.78 is 32.4. The molecule has 2 aliphatic carbocycles. The number of halogens is 2. The second-order valence-electron chi connectivity index (χ2n) is 8.24. The smallest absolute Gasteiger partial charge is 0.379 e. The number of hydrogen-bond donors (Lipinski definition) is 1. The first-order chi connectivity index (χ1) is 11.1. The zero-order valence-electron chi connectivity index (χ0n) is 15.4. The highest BCUT2D eigenvalue weighted by Gasteiger charge is 2.54. The van der Waals surface area contributed by atoms with E-state index in [0.717, 1.165) is 19.3 Å². The van der Waals surface area contributed by atoms with Gasteiger partial charge in [0, 0.05) is 0 Å². The van der Waals surface area contributed by atoms with E-state index in [0.29, 0.717) is 17.8 Å². The van der Waals surface area contributed by atoms with Crippen LogP contribution in [0.1, 0.15) is 66.2 Å². The highest BCUT2D eigenvalue weighted by molar-refractivity contribution is 5.78. The molecule has 5 heteroatoms. The molecular formula is C19H32F2O3. The highest BCUT2D eigenvalue weighted by Crippen LogP contribution is 2.59. The minimum Gasteiger partial charge on any atom is -0.461 e. The Morgan fingerprint density at radius 3 is 2.67 bits per heavy atom. The van der Waals surface area contributed by atoms with Gasteiger partial charge < -0.3 is 9.84 Å². The lowest BCUT2D eigenvalue weighted by atomic mass is 9.59. The summed E-state index contributed by atoms with van der Waals surface area (Å²) >= 11 is 0. The van der Waals surface area contributed by atoms with Crippen molar-refractivity contribution in [1.82, 2.24) is 0 Å². The predicted octanol–water partition coefficient (Wildman–Crippen LogP) is 4.42. The number of fused-ring (bicyclic) bond motifs is 1. The van der Waals surface area contributed by atoms with Crippen molar-refractivity contribution in [2.45, 2.75) is 78.2 Å². The second kappa shape index (κ2) is 7.27. The van der Waals surface area contributed by atoms with Crippen LogP contribution in [0.2, 0.25) is 0 Å².